The van der Waals surface area contributed by atoms with E-state index in [9.17, 15) is 14.4 Å². The van der Waals surface area contributed by atoms with Crippen LogP contribution in [0.15, 0.2) is 41.8 Å². The fourth-order valence-corrected chi connectivity index (χ4v) is 3.09. The van der Waals surface area contributed by atoms with Crippen molar-refractivity contribution in [3.8, 4) is 0 Å². The zero-order valence-electron chi connectivity index (χ0n) is 14.6. The third-order valence-electron chi connectivity index (χ3n) is 3.65. The van der Waals surface area contributed by atoms with Crippen molar-refractivity contribution >= 4 is 40.8 Å². The molecule has 2 rings (SSSR count). The van der Waals surface area contributed by atoms with Gasteiger partial charge in [-0.15, -0.1) is 11.3 Å². The van der Waals surface area contributed by atoms with Crippen LogP contribution in [0.3, 0.4) is 0 Å². The minimum Gasteiger partial charge on any atom is -0.452 e. The van der Waals surface area contributed by atoms with Crippen LogP contribution in [0.5, 0.6) is 0 Å². The molecule has 1 aromatic heterocycles. The van der Waals surface area contributed by atoms with Gasteiger partial charge >= 0.3 is 12.0 Å². The second-order valence-corrected chi connectivity index (χ2v) is 7.21. The Hall–Kier alpha value is -2.58. The van der Waals surface area contributed by atoms with Crippen LogP contribution >= 0.6 is 22.9 Å². The highest BCUT2D eigenvalue weighted by atomic mass is 35.5. The molecule has 0 spiro atoms. The normalized spacial score (nSPS) is 12.7. The van der Waals surface area contributed by atoms with E-state index in [2.05, 4.69) is 10.6 Å². The smallest absolute Gasteiger partial charge is 0.312 e. The van der Waals surface area contributed by atoms with Crippen LogP contribution in [0.1, 0.15) is 29.8 Å². The van der Waals surface area contributed by atoms with Crippen LogP contribution in [0.4, 0.5) is 4.79 Å². The lowest BCUT2D eigenvalue weighted by Gasteiger charge is -2.19. The fraction of sp³-hybridized carbons (Fsp3) is 0.278. The van der Waals surface area contributed by atoms with Gasteiger partial charge in [0, 0.05) is 9.90 Å². The minimum atomic E-state index is -0.961. The lowest BCUT2D eigenvalue weighted by Crippen LogP contribution is -2.37. The molecule has 0 aliphatic heterocycles. The van der Waals surface area contributed by atoms with Crippen molar-refractivity contribution in [2.24, 2.45) is 5.73 Å². The Labute approximate surface area is 165 Å². The summed E-state index contributed by atoms with van der Waals surface area (Å²) in [6.07, 6.45) is -1.13. The maximum absolute atomic E-state index is 12.2. The van der Waals surface area contributed by atoms with Gasteiger partial charge in [0.05, 0.1) is 19.0 Å². The molecule has 0 fully saturated rings. The summed E-state index contributed by atoms with van der Waals surface area (Å²) in [5.41, 5.74) is 5.82. The van der Waals surface area contributed by atoms with Crippen molar-refractivity contribution in [2.75, 3.05) is 0 Å². The van der Waals surface area contributed by atoms with Gasteiger partial charge in [-0.05, 0) is 36.1 Å². The van der Waals surface area contributed by atoms with E-state index in [0.717, 1.165) is 4.88 Å². The van der Waals surface area contributed by atoms with Crippen LogP contribution in [-0.4, -0.2) is 24.0 Å². The van der Waals surface area contributed by atoms with Crippen molar-refractivity contribution in [2.45, 2.75) is 32.0 Å². The van der Waals surface area contributed by atoms with E-state index >= 15 is 0 Å². The second-order valence-electron chi connectivity index (χ2n) is 5.75. The van der Waals surface area contributed by atoms with Crippen molar-refractivity contribution < 1.29 is 19.1 Å². The largest absolute Gasteiger partial charge is 0.452 e. The number of amides is 3. The van der Waals surface area contributed by atoms with Crippen LogP contribution < -0.4 is 16.4 Å². The van der Waals surface area contributed by atoms with Crippen molar-refractivity contribution in [3.05, 3.63) is 57.2 Å². The lowest BCUT2D eigenvalue weighted by molar-refractivity contribution is -0.155. The van der Waals surface area contributed by atoms with Gasteiger partial charge in [0.1, 0.15) is 0 Å². The first-order valence-corrected chi connectivity index (χ1v) is 9.42. The van der Waals surface area contributed by atoms with Crippen LogP contribution in [0.25, 0.3) is 0 Å². The Morgan fingerprint density at radius 3 is 2.52 bits per heavy atom. The third kappa shape index (κ3) is 6.92. The molecule has 0 aliphatic rings. The highest BCUT2D eigenvalue weighted by Crippen LogP contribution is 2.20. The molecule has 0 radical (unpaired) electrons. The van der Waals surface area contributed by atoms with Crippen LogP contribution in [-0.2, 0) is 20.9 Å². The average Bonchev–Trinajstić information content (AvgIpc) is 3.12. The molecule has 3 amide bonds. The third-order valence-corrected chi connectivity index (χ3v) is 4.78. The molecule has 0 saturated heterocycles. The summed E-state index contributed by atoms with van der Waals surface area (Å²) < 4.78 is 5.17. The van der Waals surface area contributed by atoms with Gasteiger partial charge in [-0.1, -0.05) is 29.8 Å². The van der Waals surface area contributed by atoms with E-state index in [-0.39, 0.29) is 6.42 Å². The van der Waals surface area contributed by atoms with Gasteiger partial charge in [-0.25, -0.2) is 4.79 Å². The number of ether oxygens (including phenoxy) is 1. The zero-order chi connectivity index (χ0) is 19.8. The zero-order valence-corrected chi connectivity index (χ0v) is 16.2. The molecule has 4 N–H and O–H groups in total. The number of esters is 1. The maximum atomic E-state index is 12.2. The quantitative estimate of drug-likeness (QED) is 0.582. The molecule has 1 aromatic carbocycles. The summed E-state index contributed by atoms with van der Waals surface area (Å²) in [6.45, 7) is 1.86. The number of hydrogen-bond acceptors (Lipinski definition) is 5. The molecule has 7 nitrogen and oxygen atoms in total. The molecular formula is C18H20ClN3O4S. The van der Waals surface area contributed by atoms with E-state index in [1.54, 1.807) is 24.3 Å². The van der Waals surface area contributed by atoms with E-state index < -0.39 is 30.1 Å². The SMILES string of the molecule is C[C@H](OC(=O)C[C@@H](NC(N)=O)c1ccc(Cl)cc1)C(=O)NCc1cccs1. The van der Waals surface area contributed by atoms with Gasteiger partial charge in [-0.2, -0.15) is 0 Å². The Morgan fingerprint density at radius 2 is 1.93 bits per heavy atom. The summed E-state index contributed by atoms with van der Waals surface area (Å²) in [4.78, 5) is 36.5. The predicted octanol–water partition coefficient (Wildman–Crippen LogP) is 2.75. The maximum Gasteiger partial charge on any atom is 0.312 e. The summed E-state index contributed by atoms with van der Waals surface area (Å²) in [5.74, 6) is -1.04. The number of nitrogens with two attached hydrogens (primary N) is 1. The van der Waals surface area contributed by atoms with Gasteiger partial charge in [-0.3, -0.25) is 9.59 Å². The lowest BCUT2D eigenvalue weighted by atomic mass is 10.0. The number of carbonyl (C=O) groups is 3. The Morgan fingerprint density at radius 1 is 1.22 bits per heavy atom. The summed E-state index contributed by atoms with van der Waals surface area (Å²) in [5, 5.41) is 7.63. The topological polar surface area (TPSA) is 111 Å². The number of hydrogen-bond donors (Lipinski definition) is 3. The van der Waals surface area contributed by atoms with Crippen LogP contribution in [0.2, 0.25) is 5.02 Å². The standard InChI is InChI=1S/C18H20ClN3O4S/c1-11(17(24)21-10-14-3-2-8-27-14)26-16(23)9-15(22-18(20)25)12-4-6-13(19)7-5-12/h2-8,11,15H,9-10H2,1H3,(H,21,24)(H3,20,22,25)/t11-,15+/m0/s1. The molecule has 2 atom stereocenters. The van der Waals surface area contributed by atoms with Gasteiger partial charge in [0.2, 0.25) is 0 Å². The molecule has 0 unspecified atom stereocenters. The highest BCUT2D eigenvalue weighted by molar-refractivity contribution is 7.09. The molecule has 1 heterocycles. The summed E-state index contributed by atoms with van der Waals surface area (Å²) >= 11 is 7.37. The predicted molar refractivity (Wildman–Crippen MR) is 103 cm³/mol. The average molecular weight is 410 g/mol. The Bertz CT molecular complexity index is 780. The van der Waals surface area contributed by atoms with E-state index in [0.29, 0.717) is 17.1 Å². The number of carbonyl (C=O) groups excluding carboxylic acids is 3. The minimum absolute atomic E-state index is 0.173. The first kappa shape index (κ1) is 20.7. The second kappa shape index (κ2) is 9.94. The monoisotopic (exact) mass is 409 g/mol. The molecule has 2 aromatic rings. The number of thiophene rings is 1. The van der Waals surface area contributed by atoms with Crippen molar-refractivity contribution in [1.29, 1.82) is 0 Å². The first-order valence-electron chi connectivity index (χ1n) is 8.16. The van der Waals surface area contributed by atoms with Gasteiger partial charge < -0.3 is 21.1 Å². The summed E-state index contributed by atoms with van der Waals surface area (Å²) in [7, 11) is 0. The first-order chi connectivity index (χ1) is 12.8. The highest BCUT2D eigenvalue weighted by Gasteiger charge is 2.22. The number of halogens is 1. The van der Waals surface area contributed by atoms with E-state index in [1.165, 1.54) is 18.3 Å². The van der Waals surface area contributed by atoms with Gasteiger partial charge in [0.15, 0.2) is 6.10 Å². The van der Waals surface area contributed by atoms with E-state index in [1.807, 2.05) is 17.5 Å². The van der Waals surface area contributed by atoms with Crippen LogP contribution in [0, 0.1) is 0 Å². The number of rotatable bonds is 8. The molecule has 0 aliphatic carbocycles. The number of primary amides is 1. The molecule has 27 heavy (non-hydrogen) atoms. The molecule has 0 bridgehead atoms. The molecule has 0 saturated carbocycles. The number of nitrogens with one attached hydrogen (secondary N) is 2. The van der Waals surface area contributed by atoms with Crippen molar-refractivity contribution in [1.82, 2.24) is 10.6 Å². The van der Waals surface area contributed by atoms with Crippen molar-refractivity contribution in [3.63, 3.8) is 0 Å². The number of benzene rings is 1. The molecule has 144 valence electrons. The Balaban J connectivity index is 1.90. The van der Waals surface area contributed by atoms with Gasteiger partial charge in [0.25, 0.3) is 5.91 Å². The molecule has 9 heteroatoms. The molecular weight excluding hydrogens is 390 g/mol. The Kier molecular flexibility index (Phi) is 7.63. The summed E-state index contributed by atoms with van der Waals surface area (Å²) in [6, 6.07) is 8.95. The fourth-order valence-electron chi connectivity index (χ4n) is 2.32. The van der Waals surface area contributed by atoms with E-state index in [4.69, 9.17) is 22.1 Å². The number of urea groups is 1.